The Morgan fingerprint density at radius 1 is 1.38 bits per heavy atom. The minimum Gasteiger partial charge on any atom is -0.363 e. The summed E-state index contributed by atoms with van der Waals surface area (Å²) >= 11 is 5.07. The molecule has 0 atom stereocenters. The van der Waals surface area contributed by atoms with Crippen molar-refractivity contribution in [1.82, 2.24) is 25.2 Å². The first-order valence-electron chi connectivity index (χ1n) is 5.11. The van der Waals surface area contributed by atoms with Crippen LogP contribution >= 0.6 is 12.2 Å². The molecule has 2 heterocycles. The smallest absolute Gasteiger partial charge is 0.166 e. The van der Waals surface area contributed by atoms with E-state index in [2.05, 4.69) is 20.8 Å². The summed E-state index contributed by atoms with van der Waals surface area (Å²) in [4.78, 5) is 0. The van der Waals surface area contributed by atoms with Gasteiger partial charge in [-0.1, -0.05) is 6.07 Å². The Hall–Kier alpha value is -1.69. The highest BCUT2D eigenvalue weighted by Crippen LogP contribution is 2.01. The number of nitrogens with zero attached hydrogens (tertiary/aromatic N) is 3. The second-order valence-corrected chi connectivity index (χ2v) is 3.67. The van der Waals surface area contributed by atoms with Crippen molar-refractivity contribution in [2.45, 2.75) is 13.5 Å². The predicted octanol–water partition coefficient (Wildman–Crippen LogP) is 0.713. The number of fused-ring (bicyclic) bond motifs is 1. The van der Waals surface area contributed by atoms with E-state index < -0.39 is 0 Å². The number of aromatic nitrogens is 3. The fourth-order valence-electron chi connectivity index (χ4n) is 1.39. The van der Waals surface area contributed by atoms with Crippen molar-refractivity contribution in [3.63, 3.8) is 0 Å². The second kappa shape index (κ2) is 4.89. The lowest BCUT2D eigenvalue weighted by Gasteiger charge is -2.07. The van der Waals surface area contributed by atoms with E-state index >= 15 is 0 Å². The molecule has 0 aliphatic carbocycles. The number of thiocarbonyl (C=S) groups is 1. The maximum absolute atomic E-state index is 5.07. The first kappa shape index (κ1) is 10.8. The first-order chi connectivity index (χ1) is 7.81. The Morgan fingerprint density at radius 3 is 3.06 bits per heavy atom. The average molecular weight is 235 g/mol. The van der Waals surface area contributed by atoms with E-state index in [1.54, 1.807) is 0 Å². The van der Waals surface area contributed by atoms with Crippen molar-refractivity contribution in [3.8, 4) is 0 Å². The van der Waals surface area contributed by atoms with Gasteiger partial charge in [-0.15, -0.1) is 10.2 Å². The summed E-state index contributed by atoms with van der Waals surface area (Å²) in [6, 6.07) is 5.80. The van der Waals surface area contributed by atoms with Gasteiger partial charge in [0.25, 0.3) is 0 Å². The van der Waals surface area contributed by atoms with Gasteiger partial charge >= 0.3 is 0 Å². The van der Waals surface area contributed by atoms with E-state index in [1.807, 2.05) is 35.7 Å². The van der Waals surface area contributed by atoms with Crippen LogP contribution in [-0.2, 0) is 6.54 Å². The Balaban J connectivity index is 2.07. The molecule has 0 aromatic carbocycles. The summed E-state index contributed by atoms with van der Waals surface area (Å²) in [5.41, 5.74) is 0.841. The van der Waals surface area contributed by atoms with E-state index in [-0.39, 0.29) is 0 Å². The molecule has 2 aromatic rings. The molecular formula is C10H13N5S. The maximum Gasteiger partial charge on any atom is 0.166 e. The van der Waals surface area contributed by atoms with E-state index in [1.165, 1.54) is 0 Å². The second-order valence-electron chi connectivity index (χ2n) is 3.26. The largest absolute Gasteiger partial charge is 0.363 e. The van der Waals surface area contributed by atoms with Crippen molar-refractivity contribution < 1.29 is 0 Å². The summed E-state index contributed by atoms with van der Waals surface area (Å²) < 4.78 is 1.93. The molecule has 84 valence electrons. The molecule has 0 saturated carbocycles. The predicted molar refractivity (Wildman–Crippen MR) is 66.1 cm³/mol. The van der Waals surface area contributed by atoms with E-state index in [4.69, 9.17) is 12.2 Å². The zero-order valence-corrected chi connectivity index (χ0v) is 9.79. The van der Waals surface area contributed by atoms with Crippen molar-refractivity contribution in [1.29, 1.82) is 0 Å². The zero-order chi connectivity index (χ0) is 11.4. The van der Waals surface area contributed by atoms with Gasteiger partial charge in [-0.2, -0.15) is 0 Å². The number of hydrogen-bond acceptors (Lipinski definition) is 3. The Morgan fingerprint density at radius 2 is 2.25 bits per heavy atom. The summed E-state index contributed by atoms with van der Waals surface area (Å²) in [6.45, 7) is 3.38. The number of rotatable bonds is 3. The molecule has 2 N–H and O–H groups in total. The van der Waals surface area contributed by atoms with Gasteiger partial charge in [0.05, 0.1) is 6.54 Å². The Labute approximate surface area is 98.9 Å². The molecule has 0 bridgehead atoms. The molecule has 6 heteroatoms. The van der Waals surface area contributed by atoms with Gasteiger partial charge in [0.1, 0.15) is 0 Å². The molecule has 0 unspecified atom stereocenters. The molecule has 0 aliphatic heterocycles. The number of hydrogen-bond donors (Lipinski definition) is 2. The minimum atomic E-state index is 0.566. The normalized spacial score (nSPS) is 10.3. The van der Waals surface area contributed by atoms with Crippen LogP contribution in [0.25, 0.3) is 5.65 Å². The molecule has 5 nitrogen and oxygen atoms in total. The Bertz CT molecular complexity index is 493. The Kier molecular flexibility index (Phi) is 3.31. The lowest BCUT2D eigenvalue weighted by Crippen LogP contribution is -2.34. The fraction of sp³-hybridized carbons (Fsp3) is 0.300. The summed E-state index contributed by atoms with van der Waals surface area (Å²) in [5.74, 6) is 0.843. The molecule has 2 rings (SSSR count). The summed E-state index contributed by atoms with van der Waals surface area (Å²) in [5, 5.41) is 14.9. The van der Waals surface area contributed by atoms with Crippen molar-refractivity contribution >= 4 is 23.0 Å². The van der Waals surface area contributed by atoms with Crippen molar-refractivity contribution in [3.05, 3.63) is 30.2 Å². The SMILES string of the molecule is CCNC(=S)NCc1nnc2ccccn12. The molecule has 0 fully saturated rings. The molecule has 0 aliphatic rings. The van der Waals surface area contributed by atoms with Crippen LogP contribution in [0, 0.1) is 0 Å². The number of pyridine rings is 1. The third-order valence-corrected chi connectivity index (χ3v) is 2.42. The van der Waals surface area contributed by atoms with Crippen LogP contribution in [0.3, 0.4) is 0 Å². The van der Waals surface area contributed by atoms with Crippen LogP contribution in [0.15, 0.2) is 24.4 Å². The fourth-order valence-corrected chi connectivity index (χ4v) is 1.61. The lowest BCUT2D eigenvalue weighted by molar-refractivity contribution is 0.786. The highest BCUT2D eigenvalue weighted by atomic mass is 32.1. The van der Waals surface area contributed by atoms with Gasteiger partial charge in [0.2, 0.25) is 0 Å². The summed E-state index contributed by atoms with van der Waals surface area (Å²) in [6.07, 6.45) is 1.93. The first-order valence-corrected chi connectivity index (χ1v) is 5.52. The molecular weight excluding hydrogens is 222 g/mol. The van der Waals surface area contributed by atoms with Gasteiger partial charge in [-0.25, -0.2) is 0 Å². The van der Waals surface area contributed by atoms with Crippen LogP contribution in [0.2, 0.25) is 0 Å². The molecule has 2 aromatic heterocycles. The van der Waals surface area contributed by atoms with E-state index in [0.29, 0.717) is 11.7 Å². The van der Waals surface area contributed by atoms with Crippen LogP contribution in [-0.4, -0.2) is 26.3 Å². The van der Waals surface area contributed by atoms with E-state index in [0.717, 1.165) is 18.0 Å². The van der Waals surface area contributed by atoms with Gasteiger partial charge in [0, 0.05) is 12.7 Å². The van der Waals surface area contributed by atoms with Gasteiger partial charge in [-0.05, 0) is 31.3 Å². The monoisotopic (exact) mass is 235 g/mol. The molecule has 0 amide bonds. The molecule has 0 saturated heterocycles. The third kappa shape index (κ3) is 2.27. The van der Waals surface area contributed by atoms with Crippen LogP contribution in [0.4, 0.5) is 0 Å². The van der Waals surface area contributed by atoms with Crippen LogP contribution < -0.4 is 10.6 Å². The third-order valence-electron chi connectivity index (χ3n) is 2.13. The molecule has 16 heavy (non-hydrogen) atoms. The van der Waals surface area contributed by atoms with Gasteiger partial charge in [-0.3, -0.25) is 4.40 Å². The highest BCUT2D eigenvalue weighted by Gasteiger charge is 2.03. The van der Waals surface area contributed by atoms with Crippen molar-refractivity contribution in [2.24, 2.45) is 0 Å². The maximum atomic E-state index is 5.07. The minimum absolute atomic E-state index is 0.566. The van der Waals surface area contributed by atoms with Crippen LogP contribution in [0.5, 0.6) is 0 Å². The quantitative estimate of drug-likeness (QED) is 0.768. The molecule has 0 spiro atoms. The topological polar surface area (TPSA) is 54.2 Å². The number of nitrogens with one attached hydrogen (secondary N) is 2. The van der Waals surface area contributed by atoms with Crippen molar-refractivity contribution in [2.75, 3.05) is 6.54 Å². The average Bonchev–Trinajstić information content (AvgIpc) is 2.70. The van der Waals surface area contributed by atoms with Gasteiger partial charge < -0.3 is 10.6 Å². The molecule has 0 radical (unpaired) electrons. The summed E-state index contributed by atoms with van der Waals surface area (Å²) in [7, 11) is 0. The lowest BCUT2D eigenvalue weighted by atomic mass is 10.4. The van der Waals surface area contributed by atoms with Crippen LogP contribution in [0.1, 0.15) is 12.7 Å². The van der Waals surface area contributed by atoms with E-state index in [9.17, 15) is 0 Å². The highest BCUT2D eigenvalue weighted by molar-refractivity contribution is 7.80. The van der Waals surface area contributed by atoms with Gasteiger partial charge in [0.15, 0.2) is 16.6 Å². The standard InChI is InChI=1S/C10H13N5S/c1-2-11-10(16)12-7-9-14-13-8-5-3-4-6-15(8)9/h3-6H,2,7H2,1H3,(H2,11,12,16). The zero-order valence-electron chi connectivity index (χ0n) is 8.97.